The molecule has 2 aromatic carbocycles. The fraction of sp³-hybridized carbons (Fsp3) is 0.286. The monoisotopic (exact) mass is 442 g/mol. The predicted octanol–water partition coefficient (Wildman–Crippen LogP) is 4.37. The highest BCUT2D eigenvalue weighted by molar-refractivity contribution is 8.02. The Hall–Kier alpha value is -2.78. The maximum Gasteiger partial charge on any atom is 0.233 e. The number of rotatable bonds is 8. The first kappa shape index (κ1) is 20.5. The molecule has 0 spiro atoms. The third-order valence-corrected chi connectivity index (χ3v) is 6.59. The fourth-order valence-electron chi connectivity index (χ4n) is 2.84. The quantitative estimate of drug-likeness (QED) is 0.501. The van der Waals surface area contributed by atoms with Crippen LogP contribution in [-0.2, 0) is 17.8 Å². The number of hydrogen-bond acceptors (Lipinski definition) is 8. The summed E-state index contributed by atoms with van der Waals surface area (Å²) in [7, 11) is 0. The van der Waals surface area contributed by atoms with E-state index in [0.717, 1.165) is 27.8 Å². The number of ether oxygens (including phenoxy) is 2. The van der Waals surface area contributed by atoms with Crippen molar-refractivity contribution in [2.75, 3.05) is 12.1 Å². The molecule has 9 heteroatoms. The van der Waals surface area contributed by atoms with Gasteiger partial charge in [0, 0.05) is 12.2 Å². The molecule has 4 rings (SSSR count). The molecule has 0 unspecified atom stereocenters. The summed E-state index contributed by atoms with van der Waals surface area (Å²) in [6, 6.07) is 13.9. The standard InChI is InChI=1S/C21H22N4O3S2/c1-3-14-4-7-16(8-5-14)23-20-24-25-21(30-20)29-13(2)19(26)22-11-15-6-9-17-18(10-15)28-12-27-17/h4-10,13H,3,11-12H2,1-2H3,(H,22,26)(H,23,24)/t13-/m1/s1. The Bertz CT molecular complexity index is 1020. The van der Waals surface area contributed by atoms with Crippen LogP contribution in [0.25, 0.3) is 0 Å². The lowest BCUT2D eigenvalue weighted by Gasteiger charge is -2.10. The van der Waals surface area contributed by atoms with Crippen molar-refractivity contribution in [3.63, 3.8) is 0 Å². The summed E-state index contributed by atoms with van der Waals surface area (Å²) in [5.41, 5.74) is 3.21. The van der Waals surface area contributed by atoms with Crippen molar-refractivity contribution in [1.29, 1.82) is 0 Å². The summed E-state index contributed by atoms with van der Waals surface area (Å²) < 4.78 is 11.4. The zero-order chi connectivity index (χ0) is 20.9. The Balaban J connectivity index is 1.28. The average molecular weight is 443 g/mol. The van der Waals surface area contributed by atoms with E-state index in [-0.39, 0.29) is 18.0 Å². The Morgan fingerprint density at radius 3 is 2.70 bits per heavy atom. The van der Waals surface area contributed by atoms with Crippen LogP contribution in [0.2, 0.25) is 0 Å². The number of amides is 1. The molecule has 1 aliphatic rings. The molecule has 2 heterocycles. The van der Waals surface area contributed by atoms with Gasteiger partial charge in [-0.15, -0.1) is 10.2 Å². The summed E-state index contributed by atoms with van der Waals surface area (Å²) in [4.78, 5) is 12.5. The van der Waals surface area contributed by atoms with Gasteiger partial charge in [-0.1, -0.05) is 48.2 Å². The van der Waals surface area contributed by atoms with Crippen LogP contribution in [0.1, 0.15) is 25.0 Å². The largest absolute Gasteiger partial charge is 0.454 e. The van der Waals surface area contributed by atoms with Crippen LogP contribution in [0.3, 0.4) is 0 Å². The number of nitrogens with zero attached hydrogens (tertiary/aromatic N) is 2. The van der Waals surface area contributed by atoms with Gasteiger partial charge in [-0.05, 0) is 48.7 Å². The number of hydrogen-bond donors (Lipinski definition) is 2. The number of thioether (sulfide) groups is 1. The van der Waals surface area contributed by atoms with E-state index in [1.165, 1.54) is 28.7 Å². The predicted molar refractivity (Wildman–Crippen MR) is 119 cm³/mol. The number of aryl methyl sites for hydroxylation is 1. The van der Waals surface area contributed by atoms with Crippen molar-refractivity contribution >= 4 is 39.8 Å². The maximum atomic E-state index is 12.5. The Morgan fingerprint density at radius 2 is 1.90 bits per heavy atom. The van der Waals surface area contributed by atoms with Gasteiger partial charge in [0.15, 0.2) is 15.8 Å². The van der Waals surface area contributed by atoms with E-state index >= 15 is 0 Å². The first-order valence-electron chi connectivity index (χ1n) is 9.63. The molecule has 2 N–H and O–H groups in total. The van der Waals surface area contributed by atoms with Gasteiger partial charge in [0.05, 0.1) is 5.25 Å². The van der Waals surface area contributed by atoms with Crippen LogP contribution < -0.4 is 20.1 Å². The lowest BCUT2D eigenvalue weighted by Crippen LogP contribution is -2.30. The molecule has 3 aromatic rings. The van der Waals surface area contributed by atoms with Crippen LogP contribution >= 0.6 is 23.1 Å². The molecule has 30 heavy (non-hydrogen) atoms. The van der Waals surface area contributed by atoms with Crippen LogP contribution in [0, 0.1) is 0 Å². The van der Waals surface area contributed by atoms with E-state index in [1.54, 1.807) is 0 Å². The summed E-state index contributed by atoms with van der Waals surface area (Å²) >= 11 is 2.82. The van der Waals surface area contributed by atoms with Gasteiger partial charge >= 0.3 is 0 Å². The van der Waals surface area contributed by atoms with Crippen molar-refractivity contribution in [1.82, 2.24) is 15.5 Å². The van der Waals surface area contributed by atoms with Crippen molar-refractivity contribution in [2.45, 2.75) is 36.4 Å². The first-order valence-corrected chi connectivity index (χ1v) is 11.3. The highest BCUT2D eigenvalue weighted by Gasteiger charge is 2.18. The highest BCUT2D eigenvalue weighted by Crippen LogP contribution is 2.33. The molecule has 156 valence electrons. The molecule has 1 atom stereocenters. The van der Waals surface area contributed by atoms with Gasteiger partial charge in [0.2, 0.25) is 17.8 Å². The van der Waals surface area contributed by atoms with Crippen LogP contribution in [0.4, 0.5) is 10.8 Å². The van der Waals surface area contributed by atoms with Gasteiger partial charge in [-0.25, -0.2) is 0 Å². The molecule has 0 fully saturated rings. The molecule has 0 aliphatic carbocycles. The van der Waals surface area contributed by atoms with Crippen LogP contribution in [0.15, 0.2) is 46.8 Å². The van der Waals surface area contributed by atoms with Crippen LogP contribution in [0.5, 0.6) is 11.5 Å². The SMILES string of the molecule is CCc1ccc(Nc2nnc(S[C@H](C)C(=O)NCc3ccc4c(c3)OCO4)s2)cc1. The van der Waals surface area contributed by atoms with Gasteiger partial charge in [-0.3, -0.25) is 4.79 Å². The fourth-order valence-corrected chi connectivity index (χ4v) is 4.78. The molecule has 1 aromatic heterocycles. The normalized spacial score (nSPS) is 13.1. The second-order valence-electron chi connectivity index (χ2n) is 6.71. The molecule has 0 bridgehead atoms. The highest BCUT2D eigenvalue weighted by atomic mass is 32.2. The second kappa shape index (κ2) is 9.36. The van der Waals surface area contributed by atoms with Crippen LogP contribution in [-0.4, -0.2) is 28.1 Å². The Morgan fingerprint density at radius 1 is 1.13 bits per heavy atom. The smallest absolute Gasteiger partial charge is 0.233 e. The van der Waals surface area contributed by atoms with Gasteiger partial charge in [-0.2, -0.15) is 0 Å². The lowest BCUT2D eigenvalue weighted by molar-refractivity contribution is -0.120. The maximum absolute atomic E-state index is 12.5. The molecule has 0 saturated heterocycles. The molecule has 0 radical (unpaired) electrons. The molecular formula is C21H22N4O3S2. The Labute approximate surface area is 183 Å². The molecular weight excluding hydrogens is 420 g/mol. The van der Waals surface area contributed by atoms with Gasteiger partial charge in [0.1, 0.15) is 0 Å². The van der Waals surface area contributed by atoms with Crippen molar-refractivity contribution in [3.05, 3.63) is 53.6 Å². The molecule has 1 amide bonds. The molecule has 0 saturated carbocycles. The van der Waals surface area contributed by atoms with E-state index in [2.05, 4.69) is 39.9 Å². The minimum atomic E-state index is -0.288. The lowest BCUT2D eigenvalue weighted by atomic mass is 10.1. The number of fused-ring (bicyclic) bond motifs is 1. The van der Waals surface area contributed by atoms with Gasteiger partial charge in [0.25, 0.3) is 0 Å². The summed E-state index contributed by atoms with van der Waals surface area (Å²) in [5, 5.41) is 15.0. The summed E-state index contributed by atoms with van der Waals surface area (Å²) in [5.74, 6) is 1.39. The van der Waals surface area contributed by atoms with Crippen molar-refractivity contribution in [3.8, 4) is 11.5 Å². The second-order valence-corrected chi connectivity index (χ2v) is 9.28. The van der Waals surface area contributed by atoms with E-state index < -0.39 is 0 Å². The number of carbonyl (C=O) groups is 1. The average Bonchev–Trinajstić information content (AvgIpc) is 3.41. The number of anilines is 2. The van der Waals surface area contributed by atoms with Gasteiger partial charge < -0.3 is 20.1 Å². The summed E-state index contributed by atoms with van der Waals surface area (Å²) in [6.07, 6.45) is 1.01. The number of benzene rings is 2. The molecule has 1 aliphatic heterocycles. The number of aromatic nitrogens is 2. The van der Waals surface area contributed by atoms with E-state index in [9.17, 15) is 4.79 Å². The van der Waals surface area contributed by atoms with E-state index in [1.807, 2.05) is 37.3 Å². The minimum absolute atomic E-state index is 0.0578. The minimum Gasteiger partial charge on any atom is -0.454 e. The first-order chi connectivity index (χ1) is 14.6. The zero-order valence-electron chi connectivity index (χ0n) is 16.7. The summed E-state index contributed by atoms with van der Waals surface area (Å²) in [6.45, 7) is 4.65. The van der Waals surface area contributed by atoms with Crippen molar-refractivity contribution < 1.29 is 14.3 Å². The zero-order valence-corrected chi connectivity index (χ0v) is 18.3. The third kappa shape index (κ3) is 5.03. The van der Waals surface area contributed by atoms with Crippen molar-refractivity contribution in [2.24, 2.45) is 0 Å². The Kier molecular flexibility index (Phi) is 6.39. The number of nitrogens with one attached hydrogen (secondary N) is 2. The van der Waals surface area contributed by atoms with E-state index in [0.29, 0.717) is 17.4 Å². The van der Waals surface area contributed by atoms with E-state index in [4.69, 9.17) is 9.47 Å². The third-order valence-electron chi connectivity index (χ3n) is 4.57. The topological polar surface area (TPSA) is 85.4 Å². The molecule has 7 nitrogen and oxygen atoms in total. The number of carbonyl (C=O) groups excluding carboxylic acids is 1.